The number of hydrogen-bond donors (Lipinski definition) is 1. The van der Waals surface area contributed by atoms with E-state index in [1.165, 1.54) is 18.4 Å². The molecule has 3 heteroatoms. The molecule has 0 amide bonds. The van der Waals surface area contributed by atoms with Crippen LogP contribution in [-0.4, -0.2) is 18.8 Å². The van der Waals surface area contributed by atoms with Gasteiger partial charge in [-0.05, 0) is 42.2 Å². The number of hydrogen-bond acceptors (Lipinski definition) is 3. The molecule has 1 aromatic rings. The van der Waals surface area contributed by atoms with Gasteiger partial charge in [0.2, 0.25) is 0 Å². The Morgan fingerprint density at radius 1 is 1.57 bits per heavy atom. The highest BCUT2D eigenvalue weighted by atomic mass is 32.1. The van der Waals surface area contributed by atoms with Crippen molar-refractivity contribution in [3.05, 3.63) is 22.4 Å². The Labute approximate surface area is 89.3 Å². The lowest BCUT2D eigenvalue weighted by Gasteiger charge is -2.11. The zero-order valence-corrected chi connectivity index (χ0v) is 9.35. The van der Waals surface area contributed by atoms with Crippen molar-refractivity contribution in [2.75, 3.05) is 6.54 Å². The van der Waals surface area contributed by atoms with Gasteiger partial charge in [0, 0.05) is 13.1 Å². The summed E-state index contributed by atoms with van der Waals surface area (Å²) in [6, 6.07) is 2.16. The predicted octanol–water partition coefficient (Wildman–Crippen LogP) is 2.41. The summed E-state index contributed by atoms with van der Waals surface area (Å²) >= 11 is 1.75. The Morgan fingerprint density at radius 3 is 3.14 bits per heavy atom. The maximum absolute atomic E-state index is 5.72. The lowest BCUT2D eigenvalue weighted by atomic mass is 10.2. The second-order valence-electron chi connectivity index (χ2n) is 3.91. The van der Waals surface area contributed by atoms with E-state index in [9.17, 15) is 0 Å². The van der Waals surface area contributed by atoms with Gasteiger partial charge in [-0.1, -0.05) is 0 Å². The van der Waals surface area contributed by atoms with Gasteiger partial charge >= 0.3 is 0 Å². The summed E-state index contributed by atoms with van der Waals surface area (Å²) < 4.78 is 5.72. The first kappa shape index (κ1) is 10.1. The van der Waals surface area contributed by atoms with Gasteiger partial charge in [0.05, 0.1) is 12.2 Å². The molecule has 1 aromatic heterocycles. The Morgan fingerprint density at radius 2 is 2.50 bits per heavy atom. The van der Waals surface area contributed by atoms with E-state index in [1.807, 2.05) is 0 Å². The van der Waals surface area contributed by atoms with Crippen LogP contribution in [-0.2, 0) is 11.3 Å². The fourth-order valence-corrected chi connectivity index (χ4v) is 2.47. The lowest BCUT2D eigenvalue weighted by molar-refractivity contribution is 0.0559. The van der Waals surface area contributed by atoms with Crippen LogP contribution in [0.25, 0.3) is 0 Å². The summed E-state index contributed by atoms with van der Waals surface area (Å²) in [5.74, 6) is 0. The number of thiophene rings is 1. The van der Waals surface area contributed by atoms with Crippen LogP contribution >= 0.6 is 11.3 Å². The van der Waals surface area contributed by atoms with Crippen molar-refractivity contribution in [3.8, 4) is 0 Å². The molecular weight excluding hydrogens is 194 g/mol. The molecule has 2 atom stereocenters. The molecule has 0 aliphatic carbocycles. The third-order valence-corrected chi connectivity index (χ3v) is 3.33. The SMILES string of the molecule is CC1CCC(CNCc2ccsc2)O1. The highest BCUT2D eigenvalue weighted by Crippen LogP contribution is 2.18. The van der Waals surface area contributed by atoms with Crippen LogP contribution in [0.15, 0.2) is 16.8 Å². The maximum Gasteiger partial charge on any atom is 0.0704 e. The highest BCUT2D eigenvalue weighted by Gasteiger charge is 2.20. The van der Waals surface area contributed by atoms with Crippen LogP contribution in [0.2, 0.25) is 0 Å². The maximum atomic E-state index is 5.72. The van der Waals surface area contributed by atoms with E-state index in [0.29, 0.717) is 12.2 Å². The molecule has 0 radical (unpaired) electrons. The van der Waals surface area contributed by atoms with Crippen molar-refractivity contribution >= 4 is 11.3 Å². The van der Waals surface area contributed by atoms with Crippen LogP contribution in [0.5, 0.6) is 0 Å². The molecule has 2 nitrogen and oxygen atoms in total. The van der Waals surface area contributed by atoms with E-state index >= 15 is 0 Å². The van der Waals surface area contributed by atoms with Crippen LogP contribution in [0.1, 0.15) is 25.3 Å². The van der Waals surface area contributed by atoms with Crippen molar-refractivity contribution in [2.24, 2.45) is 0 Å². The van der Waals surface area contributed by atoms with E-state index in [-0.39, 0.29) is 0 Å². The van der Waals surface area contributed by atoms with Gasteiger partial charge in [-0.2, -0.15) is 11.3 Å². The average Bonchev–Trinajstić information content (AvgIpc) is 2.77. The molecule has 1 aliphatic heterocycles. The molecular formula is C11H17NOS. The molecule has 0 aromatic carbocycles. The molecule has 1 saturated heterocycles. The topological polar surface area (TPSA) is 21.3 Å². The van der Waals surface area contributed by atoms with Crippen LogP contribution < -0.4 is 5.32 Å². The Kier molecular flexibility index (Phi) is 3.56. The second kappa shape index (κ2) is 4.91. The van der Waals surface area contributed by atoms with Crippen molar-refractivity contribution in [1.29, 1.82) is 0 Å². The van der Waals surface area contributed by atoms with Gasteiger partial charge in [-0.3, -0.25) is 0 Å². The summed E-state index contributed by atoms with van der Waals surface area (Å²) in [5, 5.41) is 7.73. The molecule has 14 heavy (non-hydrogen) atoms. The number of nitrogens with one attached hydrogen (secondary N) is 1. The number of ether oxygens (including phenoxy) is 1. The molecule has 1 fully saturated rings. The second-order valence-corrected chi connectivity index (χ2v) is 4.69. The van der Waals surface area contributed by atoms with Gasteiger partial charge < -0.3 is 10.1 Å². The largest absolute Gasteiger partial charge is 0.374 e. The smallest absolute Gasteiger partial charge is 0.0704 e. The first-order valence-electron chi connectivity index (χ1n) is 5.22. The van der Waals surface area contributed by atoms with E-state index < -0.39 is 0 Å². The molecule has 0 spiro atoms. The van der Waals surface area contributed by atoms with E-state index in [4.69, 9.17) is 4.74 Å². The van der Waals surface area contributed by atoms with Gasteiger partial charge in [-0.25, -0.2) is 0 Å². The minimum Gasteiger partial charge on any atom is -0.374 e. The fourth-order valence-electron chi connectivity index (χ4n) is 1.81. The van der Waals surface area contributed by atoms with E-state index in [1.54, 1.807) is 11.3 Å². The minimum absolute atomic E-state index is 0.434. The Hall–Kier alpha value is -0.380. The van der Waals surface area contributed by atoms with Crippen molar-refractivity contribution in [2.45, 2.75) is 38.5 Å². The third-order valence-electron chi connectivity index (χ3n) is 2.60. The molecule has 0 bridgehead atoms. The fraction of sp³-hybridized carbons (Fsp3) is 0.636. The van der Waals surface area contributed by atoms with Gasteiger partial charge in [0.1, 0.15) is 0 Å². The van der Waals surface area contributed by atoms with Crippen molar-refractivity contribution in [1.82, 2.24) is 5.32 Å². The molecule has 78 valence electrons. The zero-order valence-electron chi connectivity index (χ0n) is 8.53. The summed E-state index contributed by atoms with van der Waals surface area (Å²) in [6.45, 7) is 4.11. The summed E-state index contributed by atoms with van der Waals surface area (Å²) in [7, 11) is 0. The third kappa shape index (κ3) is 2.80. The standard InChI is InChI=1S/C11H17NOS/c1-9-2-3-11(13-9)7-12-6-10-4-5-14-8-10/h4-5,8-9,11-12H,2-3,6-7H2,1H3. The summed E-state index contributed by atoms with van der Waals surface area (Å²) in [5.41, 5.74) is 1.38. The quantitative estimate of drug-likeness (QED) is 0.825. The summed E-state index contributed by atoms with van der Waals surface area (Å²) in [6.07, 6.45) is 3.31. The monoisotopic (exact) mass is 211 g/mol. The minimum atomic E-state index is 0.434. The lowest BCUT2D eigenvalue weighted by Crippen LogP contribution is -2.26. The van der Waals surface area contributed by atoms with Gasteiger partial charge in [0.25, 0.3) is 0 Å². The Balaban J connectivity index is 1.64. The molecule has 2 heterocycles. The van der Waals surface area contributed by atoms with Crippen LogP contribution in [0.3, 0.4) is 0 Å². The zero-order chi connectivity index (χ0) is 9.80. The van der Waals surface area contributed by atoms with Crippen LogP contribution in [0.4, 0.5) is 0 Å². The van der Waals surface area contributed by atoms with Crippen LogP contribution in [0, 0.1) is 0 Å². The molecule has 1 N–H and O–H groups in total. The Bertz CT molecular complexity index is 260. The first-order chi connectivity index (χ1) is 6.84. The molecule has 1 aliphatic rings. The molecule has 0 saturated carbocycles. The highest BCUT2D eigenvalue weighted by molar-refractivity contribution is 7.07. The van der Waals surface area contributed by atoms with Crippen molar-refractivity contribution < 1.29 is 4.74 Å². The molecule has 2 rings (SSSR count). The summed E-state index contributed by atoms with van der Waals surface area (Å²) in [4.78, 5) is 0. The van der Waals surface area contributed by atoms with Gasteiger partial charge in [-0.15, -0.1) is 0 Å². The van der Waals surface area contributed by atoms with Crippen molar-refractivity contribution in [3.63, 3.8) is 0 Å². The average molecular weight is 211 g/mol. The first-order valence-corrected chi connectivity index (χ1v) is 6.16. The predicted molar refractivity (Wildman–Crippen MR) is 59.6 cm³/mol. The van der Waals surface area contributed by atoms with E-state index in [2.05, 4.69) is 29.1 Å². The molecule has 2 unspecified atom stereocenters. The van der Waals surface area contributed by atoms with Gasteiger partial charge in [0.15, 0.2) is 0 Å². The van der Waals surface area contributed by atoms with E-state index in [0.717, 1.165) is 13.1 Å². The number of rotatable bonds is 4. The normalized spacial score (nSPS) is 26.9.